The molecule has 0 radical (unpaired) electrons. The molecular weight excluding hydrogens is 216 g/mol. The van der Waals surface area contributed by atoms with Crippen molar-refractivity contribution in [1.82, 2.24) is 0 Å². The SMILES string of the molecule is CC(=O)C(=O)O.O=C(O)c1ccccc1O. The molecule has 6 nitrogen and oxygen atoms in total. The van der Waals surface area contributed by atoms with Gasteiger partial charge in [-0.05, 0) is 12.1 Å². The Balaban J connectivity index is 0.000000325. The van der Waals surface area contributed by atoms with Crippen LogP contribution in [0.3, 0.4) is 0 Å². The maximum Gasteiger partial charge on any atom is 0.371 e. The predicted molar refractivity (Wildman–Crippen MR) is 53.4 cm³/mol. The minimum Gasteiger partial charge on any atom is -0.507 e. The molecule has 0 bridgehead atoms. The lowest BCUT2D eigenvalue weighted by molar-refractivity contribution is -0.148. The maximum atomic E-state index is 10.3. The smallest absolute Gasteiger partial charge is 0.371 e. The highest BCUT2D eigenvalue weighted by molar-refractivity contribution is 6.31. The van der Waals surface area contributed by atoms with Crippen LogP contribution in [0.5, 0.6) is 5.75 Å². The van der Waals surface area contributed by atoms with Crippen LogP contribution in [0.25, 0.3) is 0 Å². The van der Waals surface area contributed by atoms with Crippen molar-refractivity contribution in [3.8, 4) is 5.75 Å². The first-order valence-corrected chi connectivity index (χ1v) is 4.11. The van der Waals surface area contributed by atoms with E-state index in [1.54, 1.807) is 12.1 Å². The molecule has 0 unspecified atom stereocenters. The number of aromatic hydroxyl groups is 1. The van der Waals surface area contributed by atoms with Crippen molar-refractivity contribution in [3.05, 3.63) is 29.8 Å². The van der Waals surface area contributed by atoms with E-state index in [-0.39, 0.29) is 11.3 Å². The van der Waals surface area contributed by atoms with Crippen molar-refractivity contribution >= 4 is 17.7 Å². The van der Waals surface area contributed by atoms with Crippen LogP contribution in [0.15, 0.2) is 24.3 Å². The third kappa shape index (κ3) is 4.75. The third-order valence-corrected chi connectivity index (χ3v) is 1.44. The lowest BCUT2D eigenvalue weighted by atomic mass is 10.2. The normalized spacial score (nSPS) is 8.56. The van der Waals surface area contributed by atoms with Gasteiger partial charge in [-0.1, -0.05) is 12.1 Å². The summed E-state index contributed by atoms with van der Waals surface area (Å²) in [4.78, 5) is 29.2. The molecule has 86 valence electrons. The van der Waals surface area contributed by atoms with Gasteiger partial charge in [0.05, 0.1) is 0 Å². The number of carbonyl (C=O) groups excluding carboxylic acids is 1. The average molecular weight is 226 g/mol. The highest BCUT2D eigenvalue weighted by atomic mass is 16.4. The van der Waals surface area contributed by atoms with Crippen LogP contribution in [0.1, 0.15) is 17.3 Å². The number of benzene rings is 1. The molecule has 0 saturated carbocycles. The summed E-state index contributed by atoms with van der Waals surface area (Å²) in [7, 11) is 0. The number of ketones is 1. The monoisotopic (exact) mass is 226 g/mol. The number of Topliss-reactive ketones (excluding diaryl/α,β-unsaturated/α-hetero) is 1. The molecule has 0 fully saturated rings. The van der Waals surface area contributed by atoms with Gasteiger partial charge in [0.2, 0.25) is 5.78 Å². The van der Waals surface area contributed by atoms with Crippen LogP contribution in [-0.2, 0) is 9.59 Å². The summed E-state index contributed by atoms with van der Waals surface area (Å²) in [6, 6.07) is 5.81. The molecule has 0 amide bonds. The van der Waals surface area contributed by atoms with Crippen molar-refractivity contribution in [2.24, 2.45) is 0 Å². The van der Waals surface area contributed by atoms with E-state index < -0.39 is 17.7 Å². The molecule has 0 aliphatic heterocycles. The molecule has 0 spiro atoms. The van der Waals surface area contributed by atoms with Crippen LogP contribution >= 0.6 is 0 Å². The zero-order valence-electron chi connectivity index (χ0n) is 8.38. The lowest BCUT2D eigenvalue weighted by Crippen LogP contribution is -2.05. The van der Waals surface area contributed by atoms with Crippen molar-refractivity contribution in [2.45, 2.75) is 6.92 Å². The summed E-state index contributed by atoms with van der Waals surface area (Å²) < 4.78 is 0. The number of phenols is 1. The molecule has 6 heteroatoms. The molecule has 0 aromatic heterocycles. The first-order valence-electron chi connectivity index (χ1n) is 4.11. The summed E-state index contributed by atoms with van der Waals surface area (Å²) in [6.45, 7) is 1.00. The number of para-hydroxylation sites is 1. The number of hydrogen-bond acceptors (Lipinski definition) is 4. The third-order valence-electron chi connectivity index (χ3n) is 1.44. The summed E-state index contributed by atoms with van der Waals surface area (Å²) in [6.07, 6.45) is 0. The average Bonchev–Trinajstić information content (AvgIpc) is 2.18. The largest absolute Gasteiger partial charge is 0.507 e. The van der Waals surface area contributed by atoms with Gasteiger partial charge in [-0.25, -0.2) is 9.59 Å². The standard InChI is InChI=1S/C7H6O3.C3H4O3/c8-6-4-2-1-3-5(6)7(9)10;1-2(4)3(5)6/h1-4,8H,(H,9,10);1H3,(H,5,6). The second kappa shape index (κ2) is 6.18. The molecule has 0 atom stereocenters. The summed E-state index contributed by atoms with van der Waals surface area (Å²) in [5.41, 5.74) is -0.0671. The van der Waals surface area contributed by atoms with E-state index in [2.05, 4.69) is 0 Å². The molecule has 1 aromatic carbocycles. The number of carboxylic acids is 2. The fourth-order valence-electron chi connectivity index (χ4n) is 0.654. The molecule has 3 N–H and O–H groups in total. The van der Waals surface area contributed by atoms with Gasteiger partial charge in [0.15, 0.2) is 0 Å². The van der Waals surface area contributed by atoms with E-state index in [1.807, 2.05) is 0 Å². The van der Waals surface area contributed by atoms with Gasteiger partial charge < -0.3 is 15.3 Å². The van der Waals surface area contributed by atoms with Crippen molar-refractivity contribution in [2.75, 3.05) is 0 Å². The number of carboxylic acid groups (broad SMARTS) is 2. The number of aromatic carboxylic acids is 1. The Labute approximate surface area is 90.8 Å². The fourth-order valence-corrected chi connectivity index (χ4v) is 0.654. The molecule has 16 heavy (non-hydrogen) atoms. The molecule has 0 aliphatic rings. The first kappa shape index (κ1) is 13.6. The van der Waals surface area contributed by atoms with Gasteiger partial charge in [-0.15, -0.1) is 0 Å². The number of aliphatic carboxylic acids is 1. The van der Waals surface area contributed by atoms with Crippen LogP contribution < -0.4 is 0 Å². The molecule has 0 saturated heterocycles. The summed E-state index contributed by atoms with van der Waals surface area (Å²) in [5.74, 6) is -3.52. The predicted octanol–water partition coefficient (Wildman–Crippen LogP) is 0.750. The van der Waals surface area contributed by atoms with Gasteiger partial charge in [0.1, 0.15) is 11.3 Å². The van der Waals surface area contributed by atoms with Crippen LogP contribution in [0.4, 0.5) is 0 Å². The first-order chi connectivity index (χ1) is 7.36. The second-order valence-electron chi connectivity index (χ2n) is 2.68. The van der Waals surface area contributed by atoms with E-state index in [0.717, 1.165) is 6.92 Å². The van der Waals surface area contributed by atoms with E-state index in [9.17, 15) is 14.4 Å². The Morgan fingerprint density at radius 3 is 1.75 bits per heavy atom. The van der Waals surface area contributed by atoms with E-state index in [0.29, 0.717) is 0 Å². The van der Waals surface area contributed by atoms with Crippen LogP contribution in [-0.4, -0.2) is 33.0 Å². The van der Waals surface area contributed by atoms with E-state index in [4.69, 9.17) is 15.3 Å². The van der Waals surface area contributed by atoms with Crippen molar-refractivity contribution < 1.29 is 29.7 Å². The Hall–Kier alpha value is -2.37. The summed E-state index contributed by atoms with van der Waals surface area (Å²) in [5, 5.41) is 24.9. The minimum absolute atomic E-state index is 0.0671. The molecule has 1 rings (SSSR count). The summed E-state index contributed by atoms with van der Waals surface area (Å²) >= 11 is 0. The maximum absolute atomic E-state index is 10.3. The molecule has 0 aliphatic carbocycles. The Morgan fingerprint density at radius 1 is 1.06 bits per heavy atom. The molecular formula is C10H10O6. The minimum atomic E-state index is -1.38. The van der Waals surface area contributed by atoms with Crippen molar-refractivity contribution in [1.29, 1.82) is 0 Å². The molecule has 1 aromatic rings. The fraction of sp³-hybridized carbons (Fsp3) is 0.100. The van der Waals surface area contributed by atoms with Crippen LogP contribution in [0.2, 0.25) is 0 Å². The van der Waals surface area contributed by atoms with Gasteiger partial charge in [0, 0.05) is 6.92 Å². The van der Waals surface area contributed by atoms with Crippen LogP contribution in [0, 0.1) is 0 Å². The van der Waals surface area contributed by atoms with Gasteiger partial charge in [-0.3, -0.25) is 4.79 Å². The van der Waals surface area contributed by atoms with Gasteiger partial charge in [0.25, 0.3) is 0 Å². The number of hydrogen-bond donors (Lipinski definition) is 3. The quantitative estimate of drug-likeness (QED) is 0.641. The number of carbonyl (C=O) groups is 3. The molecule has 0 heterocycles. The van der Waals surface area contributed by atoms with Gasteiger partial charge >= 0.3 is 11.9 Å². The second-order valence-corrected chi connectivity index (χ2v) is 2.68. The Bertz CT molecular complexity index is 398. The van der Waals surface area contributed by atoms with E-state index >= 15 is 0 Å². The highest BCUT2D eigenvalue weighted by Gasteiger charge is 2.05. The highest BCUT2D eigenvalue weighted by Crippen LogP contribution is 2.14. The topological polar surface area (TPSA) is 112 Å². The zero-order valence-corrected chi connectivity index (χ0v) is 8.38. The number of rotatable bonds is 2. The van der Waals surface area contributed by atoms with Gasteiger partial charge in [-0.2, -0.15) is 0 Å². The Morgan fingerprint density at radius 2 is 1.50 bits per heavy atom. The Kier molecular flexibility index (Phi) is 5.26. The lowest BCUT2D eigenvalue weighted by Gasteiger charge is -1.95. The zero-order chi connectivity index (χ0) is 12.7. The van der Waals surface area contributed by atoms with Crippen molar-refractivity contribution in [3.63, 3.8) is 0 Å². The van der Waals surface area contributed by atoms with E-state index in [1.165, 1.54) is 12.1 Å².